The fourth-order valence-corrected chi connectivity index (χ4v) is 3.56. The van der Waals surface area contributed by atoms with E-state index in [1.54, 1.807) is 6.66 Å². The molecule has 1 aliphatic rings. The smallest absolute Gasteiger partial charge is 0.254 e. The van der Waals surface area contributed by atoms with E-state index in [2.05, 4.69) is 5.92 Å². The zero-order valence-electron chi connectivity index (χ0n) is 5.74. The minimum Gasteiger partial charge on any atom is -0.320 e. The first-order chi connectivity index (χ1) is 4.64. The van der Waals surface area contributed by atoms with E-state index in [-0.39, 0.29) is 5.92 Å². The molecule has 0 aromatic rings. The van der Waals surface area contributed by atoms with E-state index < -0.39 is 6.57 Å². The summed E-state index contributed by atoms with van der Waals surface area (Å²) in [7, 11) is 0. The van der Waals surface area contributed by atoms with Crippen molar-refractivity contribution in [2.75, 3.05) is 19.0 Å². The monoisotopic (exact) mass is 176 g/mol. The standard InChI is InChI=1S/C6H9O2PS/c1-3-6-4-8-9(2,7)10-5-6/h1,6H,4-5H2,2H3. The predicted molar refractivity (Wildman–Crippen MR) is 44.3 cm³/mol. The summed E-state index contributed by atoms with van der Waals surface area (Å²) in [4.78, 5) is 0. The summed E-state index contributed by atoms with van der Waals surface area (Å²) in [5.74, 6) is 3.49. The van der Waals surface area contributed by atoms with Crippen LogP contribution in [0.3, 0.4) is 0 Å². The molecule has 2 unspecified atom stereocenters. The Morgan fingerprint density at radius 3 is 3.00 bits per heavy atom. The van der Waals surface area contributed by atoms with Crippen LogP contribution in [-0.2, 0) is 9.09 Å². The Morgan fingerprint density at radius 2 is 2.60 bits per heavy atom. The van der Waals surface area contributed by atoms with Crippen LogP contribution < -0.4 is 0 Å². The molecule has 0 N–H and O–H groups in total. The molecule has 0 aromatic heterocycles. The molecule has 0 bridgehead atoms. The molecule has 0 amide bonds. The van der Waals surface area contributed by atoms with Gasteiger partial charge >= 0.3 is 0 Å². The molecular formula is C6H9O2PS. The molecule has 1 rings (SSSR count). The number of terminal acetylenes is 1. The van der Waals surface area contributed by atoms with Gasteiger partial charge in [0.25, 0.3) is 6.57 Å². The second-order valence-electron chi connectivity index (χ2n) is 2.23. The second kappa shape index (κ2) is 3.00. The lowest BCUT2D eigenvalue weighted by molar-refractivity contribution is 0.297. The van der Waals surface area contributed by atoms with Crippen molar-refractivity contribution >= 4 is 18.0 Å². The number of rotatable bonds is 0. The molecule has 0 aliphatic carbocycles. The lowest BCUT2D eigenvalue weighted by Crippen LogP contribution is -2.13. The van der Waals surface area contributed by atoms with Gasteiger partial charge in [-0.3, -0.25) is 4.57 Å². The molecule has 1 heterocycles. The summed E-state index contributed by atoms with van der Waals surface area (Å²) in [5.41, 5.74) is 0. The number of hydrogen-bond donors (Lipinski definition) is 0. The summed E-state index contributed by atoms with van der Waals surface area (Å²) in [6, 6.07) is 0. The van der Waals surface area contributed by atoms with Crippen LogP contribution >= 0.6 is 18.0 Å². The molecule has 2 nitrogen and oxygen atoms in total. The lowest BCUT2D eigenvalue weighted by atomic mass is 10.2. The van der Waals surface area contributed by atoms with Crippen LogP contribution in [0.15, 0.2) is 0 Å². The van der Waals surface area contributed by atoms with Crippen LogP contribution in [-0.4, -0.2) is 19.0 Å². The molecule has 1 saturated heterocycles. The fourth-order valence-electron chi connectivity index (χ4n) is 0.632. The van der Waals surface area contributed by atoms with Crippen molar-refractivity contribution in [1.82, 2.24) is 0 Å². The van der Waals surface area contributed by atoms with Crippen LogP contribution in [0.1, 0.15) is 0 Å². The SMILES string of the molecule is C#CC1COP(C)(=O)SC1. The van der Waals surface area contributed by atoms with Gasteiger partial charge in [0.1, 0.15) is 0 Å². The van der Waals surface area contributed by atoms with Crippen LogP contribution in [0.4, 0.5) is 0 Å². The normalized spacial score (nSPS) is 40.6. The van der Waals surface area contributed by atoms with E-state index >= 15 is 0 Å². The first kappa shape index (κ1) is 8.20. The maximum absolute atomic E-state index is 11.2. The quantitative estimate of drug-likeness (QED) is 0.416. The topological polar surface area (TPSA) is 26.3 Å². The lowest BCUT2D eigenvalue weighted by Gasteiger charge is -2.22. The van der Waals surface area contributed by atoms with Gasteiger partial charge < -0.3 is 4.52 Å². The Bertz CT molecular complexity index is 196. The molecule has 2 atom stereocenters. The minimum absolute atomic E-state index is 0.145. The zero-order valence-corrected chi connectivity index (χ0v) is 7.45. The van der Waals surface area contributed by atoms with E-state index in [4.69, 9.17) is 10.9 Å². The number of hydrogen-bond acceptors (Lipinski definition) is 3. The van der Waals surface area contributed by atoms with E-state index in [1.165, 1.54) is 11.4 Å². The molecule has 0 radical (unpaired) electrons. The Balaban J connectivity index is 2.48. The Kier molecular flexibility index (Phi) is 2.46. The van der Waals surface area contributed by atoms with Gasteiger partial charge in [-0.25, -0.2) is 0 Å². The van der Waals surface area contributed by atoms with Crippen molar-refractivity contribution in [3.63, 3.8) is 0 Å². The maximum Gasteiger partial charge on any atom is 0.254 e. The van der Waals surface area contributed by atoms with E-state index in [0.29, 0.717) is 6.61 Å². The third-order valence-electron chi connectivity index (χ3n) is 1.26. The maximum atomic E-state index is 11.2. The summed E-state index contributed by atoms with van der Waals surface area (Å²) < 4.78 is 16.2. The van der Waals surface area contributed by atoms with Gasteiger partial charge in [0.15, 0.2) is 0 Å². The molecule has 0 saturated carbocycles. The second-order valence-corrected chi connectivity index (χ2v) is 7.38. The third kappa shape index (κ3) is 2.05. The van der Waals surface area contributed by atoms with Gasteiger partial charge in [-0.1, -0.05) is 11.4 Å². The van der Waals surface area contributed by atoms with Crippen LogP contribution in [0.25, 0.3) is 0 Å². The largest absolute Gasteiger partial charge is 0.320 e. The van der Waals surface area contributed by atoms with Crippen LogP contribution in [0.5, 0.6) is 0 Å². The molecule has 4 heteroatoms. The molecule has 1 fully saturated rings. The summed E-state index contributed by atoms with van der Waals surface area (Å²) in [6.45, 7) is -0.231. The van der Waals surface area contributed by atoms with Crippen molar-refractivity contribution in [2.45, 2.75) is 0 Å². The van der Waals surface area contributed by atoms with Gasteiger partial charge in [0.2, 0.25) is 0 Å². The molecule has 0 aromatic carbocycles. The van der Waals surface area contributed by atoms with E-state index in [0.717, 1.165) is 5.75 Å². The average Bonchev–Trinajstić information content (AvgIpc) is 1.88. The van der Waals surface area contributed by atoms with Crippen molar-refractivity contribution in [2.24, 2.45) is 5.92 Å². The van der Waals surface area contributed by atoms with Gasteiger partial charge in [-0.15, -0.1) is 12.3 Å². The minimum atomic E-state index is -2.32. The van der Waals surface area contributed by atoms with E-state index in [1.807, 2.05) is 0 Å². The third-order valence-corrected chi connectivity index (χ3v) is 5.07. The van der Waals surface area contributed by atoms with Gasteiger partial charge in [-0.2, -0.15) is 0 Å². The first-order valence-electron chi connectivity index (χ1n) is 2.97. The first-order valence-corrected chi connectivity index (χ1v) is 6.63. The zero-order chi connectivity index (χ0) is 7.61. The van der Waals surface area contributed by atoms with Crippen LogP contribution in [0.2, 0.25) is 0 Å². The summed E-state index contributed by atoms with van der Waals surface area (Å²) in [6.07, 6.45) is 5.16. The Labute approximate surface area is 64.9 Å². The molecule has 10 heavy (non-hydrogen) atoms. The van der Waals surface area contributed by atoms with Gasteiger partial charge in [0.05, 0.1) is 12.5 Å². The predicted octanol–water partition coefficient (Wildman–Crippen LogP) is 1.82. The molecular weight excluding hydrogens is 167 g/mol. The van der Waals surface area contributed by atoms with Crippen LogP contribution in [0, 0.1) is 18.3 Å². The van der Waals surface area contributed by atoms with Crippen molar-refractivity contribution < 1.29 is 9.09 Å². The van der Waals surface area contributed by atoms with E-state index in [9.17, 15) is 4.57 Å². The fraction of sp³-hybridized carbons (Fsp3) is 0.667. The van der Waals surface area contributed by atoms with Gasteiger partial charge in [0, 0.05) is 12.4 Å². The average molecular weight is 176 g/mol. The van der Waals surface area contributed by atoms with Crippen molar-refractivity contribution in [3.05, 3.63) is 0 Å². The van der Waals surface area contributed by atoms with Gasteiger partial charge in [-0.05, 0) is 0 Å². The van der Waals surface area contributed by atoms with Crippen molar-refractivity contribution in [1.29, 1.82) is 0 Å². The highest BCUT2D eigenvalue weighted by atomic mass is 32.7. The summed E-state index contributed by atoms with van der Waals surface area (Å²) >= 11 is 1.34. The molecule has 0 spiro atoms. The molecule has 1 aliphatic heterocycles. The highest BCUT2D eigenvalue weighted by Gasteiger charge is 2.25. The summed E-state index contributed by atoms with van der Waals surface area (Å²) in [5, 5.41) is 0. The highest BCUT2D eigenvalue weighted by molar-refractivity contribution is 8.56. The van der Waals surface area contributed by atoms with Crippen molar-refractivity contribution in [3.8, 4) is 12.3 Å². The highest BCUT2D eigenvalue weighted by Crippen LogP contribution is 2.59. The molecule has 56 valence electrons. The Morgan fingerprint density at radius 1 is 1.90 bits per heavy atom. The Hall–Kier alpha value is 0.100.